The van der Waals surface area contributed by atoms with E-state index in [1.54, 1.807) is 4.68 Å². The Kier molecular flexibility index (Phi) is 5.66. The van der Waals surface area contributed by atoms with Crippen molar-refractivity contribution in [1.82, 2.24) is 20.2 Å². The van der Waals surface area contributed by atoms with Crippen LogP contribution >= 0.6 is 11.3 Å². The number of anilines is 1. The lowest BCUT2D eigenvalue weighted by Gasteiger charge is -2.08. The van der Waals surface area contributed by atoms with Crippen molar-refractivity contribution < 1.29 is 14.3 Å². The summed E-state index contributed by atoms with van der Waals surface area (Å²) >= 11 is 1.50. The molecule has 0 bridgehead atoms. The van der Waals surface area contributed by atoms with Crippen LogP contribution in [0.5, 0.6) is 0 Å². The van der Waals surface area contributed by atoms with E-state index in [2.05, 4.69) is 20.8 Å². The maximum atomic E-state index is 12.6. The van der Waals surface area contributed by atoms with E-state index >= 15 is 0 Å². The quantitative estimate of drug-likeness (QED) is 0.512. The first-order chi connectivity index (χ1) is 14.2. The highest BCUT2D eigenvalue weighted by Crippen LogP contribution is 2.38. The number of ether oxygens (including phenoxy) is 1. The molecule has 0 atom stereocenters. The average Bonchev–Trinajstić information content (AvgIpc) is 3.31. The van der Waals surface area contributed by atoms with Crippen molar-refractivity contribution in [2.24, 2.45) is 0 Å². The summed E-state index contributed by atoms with van der Waals surface area (Å²) in [5, 5.41) is 14.6. The zero-order valence-corrected chi connectivity index (χ0v) is 16.9. The average molecular weight is 411 g/mol. The highest BCUT2D eigenvalue weighted by Gasteiger charge is 2.26. The smallest absolute Gasteiger partial charge is 0.341 e. The Morgan fingerprint density at radius 1 is 1.17 bits per heavy atom. The fourth-order valence-corrected chi connectivity index (χ4v) is 4.84. The van der Waals surface area contributed by atoms with E-state index in [4.69, 9.17) is 4.74 Å². The van der Waals surface area contributed by atoms with Crippen LogP contribution in [0.2, 0.25) is 0 Å². The molecule has 0 aliphatic heterocycles. The Labute approximate surface area is 171 Å². The monoisotopic (exact) mass is 411 g/mol. The van der Waals surface area contributed by atoms with Crippen molar-refractivity contribution in [3.8, 4) is 5.69 Å². The minimum Gasteiger partial charge on any atom is -0.465 e. The summed E-state index contributed by atoms with van der Waals surface area (Å²) < 4.78 is 6.54. The first-order valence-corrected chi connectivity index (χ1v) is 10.3. The Morgan fingerprint density at radius 2 is 1.97 bits per heavy atom. The molecule has 0 radical (unpaired) electrons. The van der Waals surface area contributed by atoms with Gasteiger partial charge in [0, 0.05) is 4.88 Å². The molecule has 4 rings (SSSR count). The standard InChI is InChI=1S/C20H21N5O3S/c1-28-20(27)18-15-5-3-2-4-6-16(15)29-19(18)22-17(26)11-13-7-9-14(10-8-13)25-12-21-23-24-25/h7-10,12H,2-6,11H2,1H3,(H,22,26). The Hall–Kier alpha value is -3.07. The van der Waals surface area contributed by atoms with Crippen molar-refractivity contribution in [3.63, 3.8) is 0 Å². The number of methoxy groups -OCH3 is 1. The molecule has 1 amide bonds. The Bertz CT molecular complexity index is 1010. The van der Waals surface area contributed by atoms with Crippen molar-refractivity contribution >= 4 is 28.2 Å². The largest absolute Gasteiger partial charge is 0.465 e. The molecule has 0 unspecified atom stereocenters. The summed E-state index contributed by atoms with van der Waals surface area (Å²) in [5.41, 5.74) is 3.24. The van der Waals surface area contributed by atoms with Gasteiger partial charge in [0.25, 0.3) is 0 Å². The number of nitrogens with zero attached hydrogens (tertiary/aromatic N) is 4. The van der Waals surface area contributed by atoms with Crippen LogP contribution in [0.25, 0.3) is 5.69 Å². The van der Waals surface area contributed by atoms with Gasteiger partial charge >= 0.3 is 5.97 Å². The van der Waals surface area contributed by atoms with Gasteiger partial charge in [-0.05, 0) is 59.4 Å². The number of hydrogen-bond acceptors (Lipinski definition) is 7. The summed E-state index contributed by atoms with van der Waals surface area (Å²) in [6.45, 7) is 0. The van der Waals surface area contributed by atoms with Crippen LogP contribution in [0.1, 0.15) is 45.6 Å². The minimum atomic E-state index is -0.384. The maximum absolute atomic E-state index is 12.6. The van der Waals surface area contributed by atoms with Crippen molar-refractivity contribution in [2.75, 3.05) is 12.4 Å². The van der Waals surface area contributed by atoms with Gasteiger partial charge < -0.3 is 10.1 Å². The minimum absolute atomic E-state index is 0.165. The predicted octanol–water partition coefficient (Wildman–Crippen LogP) is 2.96. The van der Waals surface area contributed by atoms with Crippen LogP contribution < -0.4 is 5.32 Å². The summed E-state index contributed by atoms with van der Waals surface area (Å²) in [6.07, 6.45) is 6.83. The number of carbonyl (C=O) groups is 2. The number of tetrazole rings is 1. The van der Waals surface area contributed by atoms with Gasteiger partial charge in [0.1, 0.15) is 11.3 Å². The van der Waals surface area contributed by atoms with E-state index in [0.717, 1.165) is 48.9 Å². The van der Waals surface area contributed by atoms with Crippen LogP contribution in [0, 0.1) is 0 Å². The topological polar surface area (TPSA) is 99.0 Å². The highest BCUT2D eigenvalue weighted by molar-refractivity contribution is 7.17. The van der Waals surface area contributed by atoms with Crippen LogP contribution in [0.3, 0.4) is 0 Å². The first-order valence-electron chi connectivity index (χ1n) is 9.50. The number of fused-ring (bicyclic) bond motifs is 1. The van der Waals surface area contributed by atoms with Gasteiger partial charge in [0.2, 0.25) is 5.91 Å². The molecule has 0 spiro atoms. The maximum Gasteiger partial charge on any atom is 0.341 e. The molecule has 1 N–H and O–H groups in total. The highest BCUT2D eigenvalue weighted by atomic mass is 32.1. The number of rotatable bonds is 5. The second-order valence-electron chi connectivity index (χ2n) is 6.91. The van der Waals surface area contributed by atoms with Crippen LogP contribution in [-0.4, -0.2) is 39.2 Å². The lowest BCUT2D eigenvalue weighted by Crippen LogP contribution is -2.16. The third-order valence-corrected chi connectivity index (χ3v) is 6.19. The number of benzene rings is 1. The number of carbonyl (C=O) groups excluding carboxylic acids is 2. The van der Waals surface area contributed by atoms with Gasteiger partial charge in [-0.2, -0.15) is 0 Å². The molecule has 8 nitrogen and oxygen atoms in total. The Morgan fingerprint density at radius 3 is 2.69 bits per heavy atom. The number of aromatic nitrogens is 4. The predicted molar refractivity (Wildman–Crippen MR) is 108 cm³/mol. The van der Waals surface area contributed by atoms with Crippen molar-refractivity contribution in [1.29, 1.82) is 0 Å². The molecular formula is C20H21N5O3S. The first kappa shape index (κ1) is 19.3. The second kappa shape index (κ2) is 8.52. The van der Waals surface area contributed by atoms with E-state index in [1.807, 2.05) is 24.3 Å². The SMILES string of the molecule is COC(=O)c1c(NC(=O)Cc2ccc(-n3cnnn3)cc2)sc2c1CCCCC2. The number of aryl methyl sites for hydroxylation is 1. The molecule has 9 heteroatoms. The van der Waals surface area contributed by atoms with Gasteiger partial charge in [-0.3, -0.25) is 4.79 Å². The third kappa shape index (κ3) is 4.19. The summed E-state index contributed by atoms with van der Waals surface area (Å²) in [7, 11) is 1.38. The number of nitrogens with one attached hydrogen (secondary N) is 1. The molecule has 2 aromatic heterocycles. The fraction of sp³-hybridized carbons (Fsp3) is 0.350. The second-order valence-corrected chi connectivity index (χ2v) is 8.01. The summed E-state index contributed by atoms with van der Waals surface area (Å²) in [6, 6.07) is 7.43. The van der Waals surface area contributed by atoms with E-state index in [1.165, 1.54) is 29.7 Å². The lowest BCUT2D eigenvalue weighted by atomic mass is 10.1. The lowest BCUT2D eigenvalue weighted by molar-refractivity contribution is -0.115. The van der Waals surface area contributed by atoms with Gasteiger partial charge in [-0.15, -0.1) is 16.4 Å². The van der Waals surface area contributed by atoms with Crippen molar-refractivity contribution in [2.45, 2.75) is 38.5 Å². The molecule has 0 saturated carbocycles. The fourth-order valence-electron chi connectivity index (χ4n) is 3.55. The van der Waals surface area contributed by atoms with Crippen LogP contribution in [-0.2, 0) is 28.8 Å². The van der Waals surface area contributed by atoms with Crippen LogP contribution in [0.15, 0.2) is 30.6 Å². The molecule has 150 valence electrons. The molecule has 1 aromatic carbocycles. The number of hydrogen-bond donors (Lipinski definition) is 1. The van der Waals surface area contributed by atoms with Crippen LogP contribution in [0.4, 0.5) is 5.00 Å². The molecule has 29 heavy (non-hydrogen) atoms. The molecule has 3 aromatic rings. The van der Waals surface area contributed by atoms with E-state index in [9.17, 15) is 9.59 Å². The molecule has 1 aliphatic rings. The van der Waals surface area contributed by atoms with E-state index < -0.39 is 0 Å². The molecule has 1 aliphatic carbocycles. The molecule has 2 heterocycles. The zero-order valence-electron chi connectivity index (χ0n) is 16.1. The Balaban J connectivity index is 1.50. The summed E-state index contributed by atoms with van der Waals surface area (Å²) in [4.78, 5) is 26.2. The van der Waals surface area contributed by atoms with E-state index in [0.29, 0.717) is 10.6 Å². The van der Waals surface area contributed by atoms with Gasteiger partial charge in [0.15, 0.2) is 0 Å². The molecule has 0 fully saturated rings. The number of amides is 1. The van der Waals surface area contributed by atoms with E-state index in [-0.39, 0.29) is 18.3 Å². The normalized spacial score (nSPS) is 13.4. The summed E-state index contributed by atoms with van der Waals surface area (Å²) in [5.74, 6) is -0.549. The number of thiophene rings is 1. The number of esters is 1. The van der Waals surface area contributed by atoms with Crippen molar-refractivity contribution in [3.05, 3.63) is 52.2 Å². The third-order valence-electron chi connectivity index (χ3n) is 4.98. The van der Waals surface area contributed by atoms with Gasteiger partial charge in [-0.1, -0.05) is 18.6 Å². The van der Waals surface area contributed by atoms with Gasteiger partial charge in [-0.25, -0.2) is 9.48 Å². The van der Waals surface area contributed by atoms with Gasteiger partial charge in [0.05, 0.1) is 24.8 Å². The molecular weight excluding hydrogens is 390 g/mol. The molecule has 0 saturated heterocycles. The zero-order chi connectivity index (χ0) is 20.2.